The molecule has 2 nitrogen and oxygen atoms in total. The van der Waals surface area contributed by atoms with Gasteiger partial charge in [0.25, 0.3) is 0 Å². The van der Waals surface area contributed by atoms with Crippen LogP contribution < -0.4 is 0 Å². The van der Waals surface area contributed by atoms with E-state index < -0.39 is 0 Å². The van der Waals surface area contributed by atoms with Crippen LogP contribution in [-0.4, -0.2) is 5.11 Å². The number of hydrogen-bond acceptors (Lipinski definition) is 2. The lowest BCUT2D eigenvalue weighted by molar-refractivity contribution is 0.406. The molecule has 0 aliphatic heterocycles. The van der Waals surface area contributed by atoms with E-state index in [1.54, 1.807) is 24.3 Å². The second kappa shape index (κ2) is 12.2. The molecule has 0 aliphatic rings. The van der Waals surface area contributed by atoms with E-state index in [0.29, 0.717) is 5.75 Å². The average Bonchev–Trinajstić information content (AvgIpc) is 2.72. The zero-order chi connectivity index (χ0) is 20.9. The van der Waals surface area contributed by atoms with Gasteiger partial charge in [0.15, 0.2) is 0 Å². The molecule has 0 amide bonds. The highest BCUT2D eigenvalue weighted by Gasteiger charge is 2.08. The van der Waals surface area contributed by atoms with Crippen molar-refractivity contribution in [3.05, 3.63) is 115 Å². The fourth-order valence-corrected chi connectivity index (χ4v) is 2.63. The quantitative estimate of drug-likeness (QED) is 0.488. The molecule has 3 aromatic rings. The Kier molecular flexibility index (Phi) is 9.91. The van der Waals surface area contributed by atoms with Gasteiger partial charge in [-0.15, -0.1) is 0 Å². The fraction of sp³-hybridized carbons (Fsp3) is 0.154. The van der Waals surface area contributed by atoms with Gasteiger partial charge in [0.05, 0.1) is 12.5 Å². The minimum atomic E-state index is 0.322. The van der Waals surface area contributed by atoms with Crippen molar-refractivity contribution in [1.29, 1.82) is 0 Å². The largest absolute Gasteiger partial charge is 0.508 e. The second-order valence-corrected chi connectivity index (χ2v) is 6.29. The predicted octanol–water partition coefficient (Wildman–Crippen LogP) is 7.27. The van der Waals surface area contributed by atoms with Crippen molar-refractivity contribution in [2.75, 3.05) is 0 Å². The molecular formula is C26H30O2. The monoisotopic (exact) mass is 374 g/mol. The first-order valence-electron chi connectivity index (χ1n) is 9.16. The zero-order valence-electron chi connectivity index (χ0n) is 17.3. The smallest absolute Gasteiger partial charge is 0.115 e. The van der Waals surface area contributed by atoms with Crippen molar-refractivity contribution in [3.8, 4) is 16.9 Å². The highest BCUT2D eigenvalue weighted by Crippen LogP contribution is 2.29. The lowest BCUT2D eigenvalue weighted by Gasteiger charge is -2.14. The molecule has 3 rings (SSSR count). The summed E-state index contributed by atoms with van der Waals surface area (Å²) in [5.41, 5.74) is 8.28. The molecule has 0 heterocycles. The number of hydrogen-bond donors (Lipinski definition) is 1. The predicted molar refractivity (Wildman–Crippen MR) is 120 cm³/mol. The minimum absolute atomic E-state index is 0.322. The first kappa shape index (κ1) is 22.8. The maximum Gasteiger partial charge on any atom is 0.115 e. The van der Waals surface area contributed by atoms with Gasteiger partial charge < -0.3 is 9.84 Å². The minimum Gasteiger partial charge on any atom is -0.508 e. The zero-order valence-corrected chi connectivity index (χ0v) is 17.3. The molecule has 0 radical (unpaired) electrons. The number of phenolic OH excluding ortho intramolecular Hbond substituents is 1. The molecule has 146 valence electrons. The van der Waals surface area contributed by atoms with Crippen molar-refractivity contribution in [3.63, 3.8) is 0 Å². The summed E-state index contributed by atoms with van der Waals surface area (Å²) in [6.07, 6.45) is 2.62. The van der Waals surface area contributed by atoms with Gasteiger partial charge in [-0.25, -0.2) is 0 Å². The molecule has 2 heteroatoms. The molecular weight excluding hydrogens is 344 g/mol. The molecule has 0 aromatic heterocycles. The summed E-state index contributed by atoms with van der Waals surface area (Å²) >= 11 is 0. The number of ether oxygens (including phenoxy) is 1. The van der Waals surface area contributed by atoms with E-state index in [2.05, 4.69) is 82.0 Å². The van der Waals surface area contributed by atoms with Crippen LogP contribution in [0.2, 0.25) is 0 Å². The molecule has 3 aromatic carbocycles. The standard InChI is InChI=1S/C16H18.C6H6O.C4H6O/c1-11-10-16(14(4)13(3)12(11)2)15-8-6-5-7-9-15;7-6-4-2-1-3-5-6;1-3-5-4-2/h5-10H,1-4H3;1-5,7H;3-4H,1-2H2. The van der Waals surface area contributed by atoms with Crippen LogP contribution >= 0.6 is 0 Å². The Balaban J connectivity index is 0.000000269. The summed E-state index contributed by atoms with van der Waals surface area (Å²) in [5.74, 6) is 0.322. The number of rotatable bonds is 3. The van der Waals surface area contributed by atoms with Gasteiger partial charge in [0, 0.05) is 0 Å². The van der Waals surface area contributed by atoms with E-state index in [1.807, 2.05) is 6.07 Å². The van der Waals surface area contributed by atoms with E-state index in [0.717, 1.165) is 0 Å². The van der Waals surface area contributed by atoms with Crippen LogP contribution in [0, 0.1) is 27.7 Å². The summed E-state index contributed by atoms with van der Waals surface area (Å²) in [5, 5.41) is 8.63. The Morgan fingerprint density at radius 1 is 0.714 bits per heavy atom. The van der Waals surface area contributed by atoms with Gasteiger partial charge in [-0.2, -0.15) is 0 Å². The van der Waals surface area contributed by atoms with Gasteiger partial charge in [-0.1, -0.05) is 67.8 Å². The molecule has 0 unspecified atom stereocenters. The first-order valence-corrected chi connectivity index (χ1v) is 9.16. The van der Waals surface area contributed by atoms with Crippen LogP contribution in [0.5, 0.6) is 5.75 Å². The fourth-order valence-electron chi connectivity index (χ4n) is 2.63. The van der Waals surface area contributed by atoms with Gasteiger partial charge in [0.1, 0.15) is 5.75 Å². The van der Waals surface area contributed by atoms with Crippen LogP contribution in [0.4, 0.5) is 0 Å². The SMILES string of the molecule is C=COC=C.Cc1cc(-c2ccccc2)c(C)c(C)c1C.Oc1ccccc1. The first-order chi connectivity index (χ1) is 13.4. The number of aromatic hydroxyl groups is 1. The molecule has 0 bridgehead atoms. The lowest BCUT2D eigenvalue weighted by Crippen LogP contribution is -1.94. The van der Waals surface area contributed by atoms with Gasteiger partial charge in [-0.05, 0) is 73.2 Å². The normalized spacial score (nSPS) is 9.14. The molecule has 0 saturated heterocycles. The van der Waals surface area contributed by atoms with E-state index in [4.69, 9.17) is 5.11 Å². The molecule has 0 fully saturated rings. The van der Waals surface area contributed by atoms with Crippen LogP contribution in [0.1, 0.15) is 22.3 Å². The Morgan fingerprint density at radius 2 is 1.21 bits per heavy atom. The van der Waals surface area contributed by atoms with E-state index >= 15 is 0 Å². The third-order valence-electron chi connectivity index (χ3n) is 4.51. The van der Waals surface area contributed by atoms with Crippen molar-refractivity contribution in [2.24, 2.45) is 0 Å². The molecule has 0 aliphatic carbocycles. The molecule has 0 saturated carbocycles. The van der Waals surface area contributed by atoms with Crippen molar-refractivity contribution in [2.45, 2.75) is 27.7 Å². The summed E-state index contributed by atoms with van der Waals surface area (Å²) in [4.78, 5) is 0. The van der Waals surface area contributed by atoms with E-state index in [1.165, 1.54) is 45.9 Å². The van der Waals surface area contributed by atoms with Crippen molar-refractivity contribution < 1.29 is 9.84 Å². The maximum atomic E-state index is 8.63. The summed E-state index contributed by atoms with van der Waals surface area (Å²) in [6, 6.07) is 21.6. The van der Waals surface area contributed by atoms with Crippen LogP contribution in [0.25, 0.3) is 11.1 Å². The Bertz CT molecular complexity index is 860. The molecule has 1 N–H and O–H groups in total. The van der Waals surface area contributed by atoms with Gasteiger partial charge in [0.2, 0.25) is 0 Å². The number of phenols is 1. The third-order valence-corrected chi connectivity index (χ3v) is 4.51. The average molecular weight is 375 g/mol. The van der Waals surface area contributed by atoms with Crippen LogP contribution in [-0.2, 0) is 4.74 Å². The third kappa shape index (κ3) is 7.16. The summed E-state index contributed by atoms with van der Waals surface area (Å²) in [6.45, 7) is 15.3. The van der Waals surface area contributed by atoms with Gasteiger partial charge >= 0.3 is 0 Å². The summed E-state index contributed by atoms with van der Waals surface area (Å²) < 4.78 is 4.36. The highest BCUT2D eigenvalue weighted by atomic mass is 16.5. The number of aryl methyl sites for hydroxylation is 1. The Hall–Kier alpha value is -3.26. The van der Waals surface area contributed by atoms with Crippen LogP contribution in [0.15, 0.2) is 92.4 Å². The highest BCUT2D eigenvalue weighted by molar-refractivity contribution is 5.70. The molecule has 28 heavy (non-hydrogen) atoms. The topological polar surface area (TPSA) is 29.5 Å². The van der Waals surface area contributed by atoms with Crippen LogP contribution in [0.3, 0.4) is 0 Å². The number of benzene rings is 3. The van der Waals surface area contributed by atoms with Crippen molar-refractivity contribution >= 4 is 0 Å². The van der Waals surface area contributed by atoms with Gasteiger partial charge in [-0.3, -0.25) is 0 Å². The number of para-hydroxylation sites is 1. The lowest BCUT2D eigenvalue weighted by atomic mass is 9.91. The Labute approximate surface area is 169 Å². The van der Waals surface area contributed by atoms with E-state index in [9.17, 15) is 0 Å². The second-order valence-electron chi connectivity index (χ2n) is 6.29. The maximum absolute atomic E-state index is 8.63. The van der Waals surface area contributed by atoms with Crippen molar-refractivity contribution in [1.82, 2.24) is 0 Å². The molecule has 0 spiro atoms. The van der Waals surface area contributed by atoms with E-state index in [-0.39, 0.29) is 0 Å². The molecule has 0 atom stereocenters. The Morgan fingerprint density at radius 3 is 1.61 bits per heavy atom. The summed E-state index contributed by atoms with van der Waals surface area (Å²) in [7, 11) is 0.